The number of tetrazole rings is 1. The van der Waals surface area contributed by atoms with Crippen LogP contribution in [0.1, 0.15) is 22.9 Å². The molecule has 0 saturated carbocycles. The van der Waals surface area contributed by atoms with Crippen molar-refractivity contribution in [1.29, 1.82) is 0 Å². The summed E-state index contributed by atoms with van der Waals surface area (Å²) < 4.78 is 1.48. The van der Waals surface area contributed by atoms with Gasteiger partial charge in [-0.3, -0.25) is 4.79 Å². The van der Waals surface area contributed by atoms with Crippen LogP contribution in [0.5, 0.6) is 0 Å². The zero-order chi connectivity index (χ0) is 26.6. The maximum absolute atomic E-state index is 13.0. The van der Waals surface area contributed by atoms with Crippen molar-refractivity contribution in [3.8, 4) is 16.9 Å². The lowest BCUT2D eigenvalue weighted by Gasteiger charge is -2.18. The van der Waals surface area contributed by atoms with Crippen LogP contribution in [-0.4, -0.2) is 41.1 Å². The summed E-state index contributed by atoms with van der Waals surface area (Å²) >= 11 is 12.9. The minimum Gasteiger partial charge on any atom is -0.384 e. The second-order valence-electron chi connectivity index (χ2n) is 8.42. The minimum atomic E-state index is -0.628. The van der Waals surface area contributed by atoms with E-state index < -0.39 is 11.8 Å². The number of carbonyl (C=O) groups is 1. The number of aromatic nitrogens is 7. The number of halogens is 2. The third kappa shape index (κ3) is 5.41. The number of hydrogen-bond acceptors (Lipinski definition) is 7. The van der Waals surface area contributed by atoms with Crippen LogP contribution >= 0.6 is 23.2 Å². The van der Waals surface area contributed by atoms with E-state index in [1.807, 2.05) is 30.3 Å². The predicted octanol–water partition coefficient (Wildman–Crippen LogP) is 4.23. The van der Waals surface area contributed by atoms with Crippen molar-refractivity contribution in [1.82, 2.24) is 35.2 Å². The Hall–Kier alpha value is -4.54. The first kappa shape index (κ1) is 25.1. The summed E-state index contributed by atoms with van der Waals surface area (Å²) in [5, 5.41) is 12.1. The summed E-state index contributed by atoms with van der Waals surface area (Å²) in [6.45, 7) is 0. The molecule has 1 atom stereocenters. The molecule has 0 unspecified atom stereocenters. The zero-order valence-electron chi connectivity index (χ0n) is 19.8. The number of nitrogens with two attached hydrogens (primary N) is 2. The summed E-state index contributed by atoms with van der Waals surface area (Å²) in [6, 6.07) is 18.3. The molecule has 38 heavy (non-hydrogen) atoms. The van der Waals surface area contributed by atoms with Gasteiger partial charge in [0.1, 0.15) is 28.8 Å². The SMILES string of the molecule is NC(=O)C(=Cc1cc(Cl)ccc1-n1cnnn1)[C@H](Cc1ccccc1)c1nc(-c2ccc(N)nc2)c(Cl)[nH]1. The largest absolute Gasteiger partial charge is 0.384 e. The van der Waals surface area contributed by atoms with Crippen molar-refractivity contribution in [2.24, 2.45) is 5.73 Å². The first-order chi connectivity index (χ1) is 18.4. The number of rotatable bonds is 8. The minimum absolute atomic E-state index is 0.290. The Balaban J connectivity index is 1.65. The summed E-state index contributed by atoms with van der Waals surface area (Å²) in [7, 11) is 0. The highest BCUT2D eigenvalue weighted by molar-refractivity contribution is 6.32. The monoisotopic (exact) mass is 545 g/mol. The number of imidazole rings is 1. The molecule has 0 fully saturated rings. The van der Waals surface area contributed by atoms with Crippen molar-refractivity contribution >= 4 is 41.0 Å². The van der Waals surface area contributed by atoms with Gasteiger partial charge < -0.3 is 16.5 Å². The molecule has 3 aromatic heterocycles. The van der Waals surface area contributed by atoms with Gasteiger partial charge in [0, 0.05) is 27.9 Å². The number of hydrogen-bond donors (Lipinski definition) is 3. The van der Waals surface area contributed by atoms with E-state index >= 15 is 0 Å². The van der Waals surface area contributed by atoms with Crippen molar-refractivity contribution in [3.63, 3.8) is 0 Å². The number of anilines is 1. The Morgan fingerprint density at radius 1 is 1.11 bits per heavy atom. The number of pyridine rings is 1. The number of primary amides is 1. The van der Waals surface area contributed by atoms with Gasteiger partial charge in [-0.25, -0.2) is 9.97 Å². The first-order valence-electron chi connectivity index (χ1n) is 11.4. The topological polar surface area (TPSA) is 154 Å². The number of aromatic amines is 1. The molecule has 5 rings (SSSR count). The average molecular weight is 546 g/mol. The molecule has 5 N–H and O–H groups in total. The summed E-state index contributed by atoms with van der Waals surface area (Å²) in [5.41, 5.74) is 15.3. The first-order valence-corrected chi connectivity index (χ1v) is 12.2. The fourth-order valence-electron chi connectivity index (χ4n) is 4.11. The molecule has 10 nitrogen and oxygen atoms in total. The van der Waals surface area contributed by atoms with Crippen molar-refractivity contribution in [3.05, 3.63) is 106 Å². The summed E-state index contributed by atoms with van der Waals surface area (Å²) in [4.78, 5) is 25.0. The van der Waals surface area contributed by atoms with E-state index in [2.05, 4.69) is 25.5 Å². The van der Waals surface area contributed by atoms with Gasteiger partial charge in [0.2, 0.25) is 5.91 Å². The number of carbonyl (C=O) groups excluding carboxylic acids is 1. The Labute approximate surface area is 227 Å². The van der Waals surface area contributed by atoms with E-state index in [0.29, 0.717) is 50.7 Å². The summed E-state index contributed by atoms with van der Waals surface area (Å²) in [5.74, 6) is -0.372. The van der Waals surface area contributed by atoms with Gasteiger partial charge in [-0.2, -0.15) is 4.68 Å². The van der Waals surface area contributed by atoms with E-state index in [9.17, 15) is 4.79 Å². The van der Waals surface area contributed by atoms with Crippen LogP contribution in [0.15, 0.2) is 78.8 Å². The predicted molar refractivity (Wildman–Crippen MR) is 145 cm³/mol. The van der Waals surface area contributed by atoms with Gasteiger partial charge in [-0.05, 0) is 58.8 Å². The van der Waals surface area contributed by atoms with Gasteiger partial charge in [0.05, 0.1) is 11.6 Å². The molecule has 0 aliphatic carbocycles. The molecule has 0 aliphatic rings. The highest BCUT2D eigenvalue weighted by atomic mass is 35.5. The molecule has 190 valence electrons. The maximum atomic E-state index is 13.0. The third-order valence-electron chi connectivity index (χ3n) is 5.91. The molecule has 0 saturated heterocycles. The van der Waals surface area contributed by atoms with Crippen molar-refractivity contribution in [2.45, 2.75) is 12.3 Å². The van der Waals surface area contributed by atoms with Crippen molar-refractivity contribution < 1.29 is 4.79 Å². The molecule has 0 bridgehead atoms. The van der Waals surface area contributed by atoms with Crippen LogP contribution in [0, 0.1) is 0 Å². The number of nitrogens with zero attached hydrogens (tertiary/aromatic N) is 6. The molecule has 12 heteroatoms. The number of amides is 1. The van der Waals surface area contributed by atoms with Gasteiger partial charge in [0.25, 0.3) is 0 Å². The lowest BCUT2D eigenvalue weighted by atomic mass is 9.89. The van der Waals surface area contributed by atoms with Crippen LogP contribution in [-0.2, 0) is 11.2 Å². The third-order valence-corrected chi connectivity index (χ3v) is 6.42. The highest BCUT2D eigenvalue weighted by Crippen LogP contribution is 2.34. The lowest BCUT2D eigenvalue weighted by Crippen LogP contribution is -2.22. The number of benzene rings is 2. The van der Waals surface area contributed by atoms with E-state index in [4.69, 9.17) is 39.7 Å². The van der Waals surface area contributed by atoms with E-state index in [-0.39, 0.29) is 5.57 Å². The molecule has 5 aromatic rings. The second kappa shape index (κ2) is 10.8. The molecule has 2 aromatic carbocycles. The zero-order valence-corrected chi connectivity index (χ0v) is 21.3. The Morgan fingerprint density at radius 2 is 1.92 bits per heavy atom. The number of nitrogen functional groups attached to an aromatic ring is 1. The fourth-order valence-corrected chi connectivity index (χ4v) is 4.54. The highest BCUT2D eigenvalue weighted by Gasteiger charge is 2.27. The summed E-state index contributed by atoms with van der Waals surface area (Å²) in [6.07, 6.45) is 5.13. The maximum Gasteiger partial charge on any atom is 0.245 e. The van der Waals surface area contributed by atoms with Crippen LogP contribution in [0.2, 0.25) is 10.2 Å². The van der Waals surface area contributed by atoms with Gasteiger partial charge >= 0.3 is 0 Å². The van der Waals surface area contributed by atoms with Gasteiger partial charge in [0.15, 0.2) is 0 Å². The number of nitrogens with one attached hydrogen (secondary N) is 1. The van der Waals surface area contributed by atoms with E-state index in [1.54, 1.807) is 42.6 Å². The van der Waals surface area contributed by atoms with Crippen LogP contribution in [0.3, 0.4) is 0 Å². The molecule has 1 amide bonds. The lowest BCUT2D eigenvalue weighted by molar-refractivity contribution is -0.114. The molecule has 3 heterocycles. The Bertz CT molecular complexity index is 1600. The van der Waals surface area contributed by atoms with Crippen LogP contribution in [0.25, 0.3) is 23.0 Å². The average Bonchev–Trinajstić information content (AvgIpc) is 3.57. The quantitative estimate of drug-likeness (QED) is 0.246. The van der Waals surface area contributed by atoms with E-state index in [0.717, 1.165) is 5.56 Å². The van der Waals surface area contributed by atoms with Gasteiger partial charge in [-0.1, -0.05) is 53.5 Å². The molecule has 0 radical (unpaired) electrons. The smallest absolute Gasteiger partial charge is 0.245 e. The van der Waals surface area contributed by atoms with Gasteiger partial charge in [-0.15, -0.1) is 5.10 Å². The molecule has 0 spiro atoms. The van der Waals surface area contributed by atoms with Crippen LogP contribution in [0.4, 0.5) is 5.82 Å². The Morgan fingerprint density at radius 3 is 2.61 bits per heavy atom. The normalized spacial score (nSPS) is 12.4. The van der Waals surface area contributed by atoms with Crippen LogP contribution < -0.4 is 11.5 Å². The molecule has 0 aliphatic heterocycles. The van der Waals surface area contributed by atoms with Crippen molar-refractivity contribution in [2.75, 3.05) is 5.73 Å². The fraction of sp³-hybridized carbons (Fsp3) is 0.0769. The molecular weight excluding hydrogens is 525 g/mol. The number of H-pyrrole nitrogens is 1. The van der Waals surface area contributed by atoms with E-state index in [1.165, 1.54) is 11.0 Å². The Kier molecular flexibility index (Phi) is 7.16. The molecular formula is C26H21Cl2N9O. The second-order valence-corrected chi connectivity index (χ2v) is 9.23. The standard InChI is InChI=1S/C26H21Cl2N9O/c27-18-7-8-21(37-14-32-35-36-37)17(11-18)12-19(25(30)38)20(10-15-4-2-1-3-5-15)26-33-23(24(28)34-26)16-6-9-22(29)31-13-16/h1-9,11-14,20H,10H2,(H2,29,31)(H2,30,38)(H,33,34)/t20-/m0/s1.